The van der Waals surface area contributed by atoms with Crippen molar-refractivity contribution in [2.24, 2.45) is 10.1 Å². The van der Waals surface area contributed by atoms with Crippen LogP contribution in [0.3, 0.4) is 0 Å². The van der Waals surface area contributed by atoms with Gasteiger partial charge in [-0.15, -0.1) is 0 Å². The van der Waals surface area contributed by atoms with Crippen LogP contribution in [0.25, 0.3) is 0 Å². The molecule has 1 aliphatic heterocycles. The average Bonchev–Trinajstić information content (AvgIpc) is 1.86. The van der Waals surface area contributed by atoms with E-state index in [1.54, 1.807) is 0 Å². The van der Waals surface area contributed by atoms with Crippen LogP contribution >= 0.6 is 11.9 Å². The summed E-state index contributed by atoms with van der Waals surface area (Å²) >= 11 is 1.44. The molecular weight excluding hydrogens is 96.1 g/mol. The summed E-state index contributed by atoms with van der Waals surface area (Å²) < 4.78 is 3.83. The molecule has 0 bridgehead atoms. The predicted octanol–water partition coefficient (Wildman–Crippen LogP) is 0.394. The molecule has 0 saturated heterocycles. The maximum Gasteiger partial charge on any atom is 0.0778 e. The van der Waals surface area contributed by atoms with E-state index in [1.807, 2.05) is 6.21 Å². The quantitative estimate of drug-likeness (QED) is 0.449. The van der Waals surface area contributed by atoms with Gasteiger partial charge in [0.1, 0.15) is 0 Å². The molecule has 34 valence electrons. The van der Waals surface area contributed by atoms with Gasteiger partial charge in [-0.25, -0.2) is 4.40 Å². The molecule has 0 radical (unpaired) electrons. The van der Waals surface area contributed by atoms with Crippen molar-refractivity contribution < 1.29 is 0 Å². The van der Waals surface area contributed by atoms with Crippen LogP contribution in [-0.4, -0.2) is 11.6 Å². The van der Waals surface area contributed by atoms with Gasteiger partial charge < -0.3 is 5.73 Å². The molecule has 6 heavy (non-hydrogen) atoms. The molecular formula is C3H6N2S. The molecule has 1 rings (SSSR count). The lowest BCUT2D eigenvalue weighted by molar-refractivity contribution is 0.996. The lowest BCUT2D eigenvalue weighted by Crippen LogP contribution is -2.10. The molecule has 1 heterocycles. The van der Waals surface area contributed by atoms with E-state index in [1.165, 1.54) is 11.9 Å². The Morgan fingerprint density at radius 2 is 2.83 bits per heavy atom. The van der Waals surface area contributed by atoms with Crippen molar-refractivity contribution in [2.75, 3.05) is 0 Å². The maximum absolute atomic E-state index is 5.37. The number of hydrogen-bond acceptors (Lipinski definition) is 3. The topological polar surface area (TPSA) is 38.4 Å². The van der Waals surface area contributed by atoms with Crippen molar-refractivity contribution in [1.82, 2.24) is 0 Å². The van der Waals surface area contributed by atoms with Crippen LogP contribution in [0.4, 0.5) is 0 Å². The van der Waals surface area contributed by atoms with E-state index in [2.05, 4.69) is 4.40 Å². The van der Waals surface area contributed by atoms with E-state index in [0.29, 0.717) is 0 Å². The Morgan fingerprint density at radius 1 is 2.00 bits per heavy atom. The Hall–Kier alpha value is -0.0200. The zero-order chi connectivity index (χ0) is 4.41. The van der Waals surface area contributed by atoms with Gasteiger partial charge in [0.05, 0.1) is 5.37 Å². The minimum Gasteiger partial charge on any atom is -0.318 e. The summed E-state index contributed by atoms with van der Waals surface area (Å²) in [6.45, 7) is 0. The number of nitrogens with zero attached hydrogens (tertiary/aromatic N) is 1. The van der Waals surface area contributed by atoms with Gasteiger partial charge in [0, 0.05) is 12.6 Å². The van der Waals surface area contributed by atoms with Crippen LogP contribution < -0.4 is 5.73 Å². The fraction of sp³-hybridized carbons (Fsp3) is 0.667. The van der Waals surface area contributed by atoms with Gasteiger partial charge in [0.25, 0.3) is 0 Å². The molecule has 0 aromatic heterocycles. The van der Waals surface area contributed by atoms with Crippen LogP contribution in [0.15, 0.2) is 4.40 Å². The van der Waals surface area contributed by atoms with Gasteiger partial charge in [-0.05, 0) is 11.9 Å². The normalized spacial score (nSPS) is 31.8. The molecule has 0 aromatic rings. The Bertz CT molecular complexity index is 63.2. The molecule has 0 spiro atoms. The summed E-state index contributed by atoms with van der Waals surface area (Å²) in [6, 6.07) is 0. The minimum atomic E-state index is 0.241. The molecule has 3 heteroatoms. The molecule has 0 aliphatic carbocycles. The first kappa shape index (κ1) is 4.15. The highest BCUT2D eigenvalue weighted by Crippen LogP contribution is 2.14. The number of rotatable bonds is 0. The Kier molecular flexibility index (Phi) is 1.12. The summed E-state index contributed by atoms with van der Waals surface area (Å²) in [5.74, 6) is 0. The molecule has 2 N–H and O–H groups in total. The molecule has 0 amide bonds. The van der Waals surface area contributed by atoms with Gasteiger partial charge >= 0.3 is 0 Å². The molecule has 1 aliphatic rings. The SMILES string of the molecule is NC1CC=NS1. The highest BCUT2D eigenvalue weighted by atomic mass is 32.2. The van der Waals surface area contributed by atoms with Crippen molar-refractivity contribution in [1.29, 1.82) is 0 Å². The predicted molar refractivity (Wildman–Crippen MR) is 28.7 cm³/mol. The van der Waals surface area contributed by atoms with E-state index in [4.69, 9.17) is 5.73 Å². The van der Waals surface area contributed by atoms with Crippen LogP contribution in [-0.2, 0) is 0 Å². The lowest BCUT2D eigenvalue weighted by atomic mass is 10.5. The van der Waals surface area contributed by atoms with Crippen LogP contribution in [0.5, 0.6) is 0 Å². The standard InChI is InChI=1S/C3H6N2S/c4-3-1-2-5-6-3/h2-3H,1,4H2. The Morgan fingerprint density at radius 3 is 3.00 bits per heavy atom. The molecule has 2 nitrogen and oxygen atoms in total. The number of nitrogens with two attached hydrogens (primary N) is 1. The van der Waals surface area contributed by atoms with Crippen LogP contribution in [0.1, 0.15) is 6.42 Å². The largest absolute Gasteiger partial charge is 0.318 e. The highest BCUT2D eigenvalue weighted by Gasteiger charge is 2.03. The second-order valence-corrected chi connectivity index (χ2v) is 2.19. The Labute approximate surface area is 41.0 Å². The van der Waals surface area contributed by atoms with Gasteiger partial charge in [0.15, 0.2) is 0 Å². The van der Waals surface area contributed by atoms with Crippen LogP contribution in [0.2, 0.25) is 0 Å². The Balaban J connectivity index is 2.32. The second kappa shape index (κ2) is 1.62. The highest BCUT2D eigenvalue weighted by molar-refractivity contribution is 7.99. The summed E-state index contributed by atoms with van der Waals surface area (Å²) in [5, 5.41) is 0.241. The van der Waals surface area contributed by atoms with Crippen molar-refractivity contribution in [3.63, 3.8) is 0 Å². The fourth-order valence-electron chi connectivity index (χ4n) is 0.311. The third-order valence-electron chi connectivity index (χ3n) is 0.609. The first-order valence-electron chi connectivity index (χ1n) is 1.83. The van der Waals surface area contributed by atoms with E-state index >= 15 is 0 Å². The van der Waals surface area contributed by atoms with Crippen molar-refractivity contribution in [3.8, 4) is 0 Å². The van der Waals surface area contributed by atoms with Crippen LogP contribution in [0, 0.1) is 0 Å². The molecule has 0 saturated carbocycles. The van der Waals surface area contributed by atoms with Gasteiger partial charge in [-0.1, -0.05) is 0 Å². The first-order valence-corrected chi connectivity index (χ1v) is 2.66. The second-order valence-electron chi connectivity index (χ2n) is 1.17. The molecule has 1 unspecified atom stereocenters. The summed E-state index contributed by atoms with van der Waals surface area (Å²) in [6.07, 6.45) is 2.78. The summed E-state index contributed by atoms with van der Waals surface area (Å²) in [7, 11) is 0. The summed E-state index contributed by atoms with van der Waals surface area (Å²) in [5.41, 5.74) is 5.37. The third-order valence-corrected chi connectivity index (χ3v) is 1.34. The van der Waals surface area contributed by atoms with Crippen molar-refractivity contribution in [2.45, 2.75) is 11.8 Å². The number of hydrogen-bond donors (Lipinski definition) is 1. The monoisotopic (exact) mass is 102 g/mol. The van der Waals surface area contributed by atoms with E-state index < -0.39 is 0 Å². The average molecular weight is 102 g/mol. The molecule has 0 fully saturated rings. The maximum atomic E-state index is 5.37. The summed E-state index contributed by atoms with van der Waals surface area (Å²) in [4.78, 5) is 0. The van der Waals surface area contributed by atoms with E-state index in [-0.39, 0.29) is 5.37 Å². The van der Waals surface area contributed by atoms with Crippen molar-refractivity contribution >= 4 is 18.2 Å². The van der Waals surface area contributed by atoms with E-state index in [0.717, 1.165) is 6.42 Å². The smallest absolute Gasteiger partial charge is 0.0778 e. The fourth-order valence-corrected chi connectivity index (χ4v) is 0.812. The van der Waals surface area contributed by atoms with Crippen molar-refractivity contribution in [3.05, 3.63) is 0 Å². The third kappa shape index (κ3) is 0.725. The lowest BCUT2D eigenvalue weighted by Gasteiger charge is -1.90. The van der Waals surface area contributed by atoms with E-state index in [9.17, 15) is 0 Å². The molecule has 1 atom stereocenters. The molecule has 0 aromatic carbocycles. The van der Waals surface area contributed by atoms with Gasteiger partial charge in [-0.2, -0.15) is 0 Å². The first-order chi connectivity index (χ1) is 2.89. The zero-order valence-corrected chi connectivity index (χ0v) is 4.11. The minimum absolute atomic E-state index is 0.241. The van der Waals surface area contributed by atoms with Gasteiger partial charge in [-0.3, -0.25) is 0 Å². The van der Waals surface area contributed by atoms with Gasteiger partial charge in [0.2, 0.25) is 0 Å². The zero-order valence-electron chi connectivity index (χ0n) is 3.29.